The average molecular weight is 346 g/mol. The second-order valence-corrected chi connectivity index (χ2v) is 7.21. The molecular formula is C17H26N6O2. The Labute approximate surface area is 147 Å². The number of primary amides is 1. The van der Waals surface area contributed by atoms with E-state index in [9.17, 15) is 4.79 Å². The van der Waals surface area contributed by atoms with Crippen molar-refractivity contribution in [3.8, 4) is 0 Å². The van der Waals surface area contributed by atoms with Crippen LogP contribution in [0.25, 0.3) is 0 Å². The third kappa shape index (κ3) is 4.07. The summed E-state index contributed by atoms with van der Waals surface area (Å²) < 4.78 is 5.84. The molecule has 1 aliphatic rings. The summed E-state index contributed by atoms with van der Waals surface area (Å²) in [6.07, 6.45) is 2.91. The number of hydrogen-bond donors (Lipinski definition) is 2. The fourth-order valence-corrected chi connectivity index (χ4v) is 3.31. The molecule has 1 fully saturated rings. The summed E-state index contributed by atoms with van der Waals surface area (Å²) in [7, 11) is 0. The summed E-state index contributed by atoms with van der Waals surface area (Å²) in [6, 6.07) is 1.82. The number of amides is 1. The van der Waals surface area contributed by atoms with Gasteiger partial charge in [0.2, 0.25) is 11.8 Å². The summed E-state index contributed by atoms with van der Waals surface area (Å²) in [5.41, 5.74) is 6.53. The lowest BCUT2D eigenvalue weighted by molar-refractivity contribution is 0.0995. The van der Waals surface area contributed by atoms with Crippen molar-refractivity contribution in [1.29, 1.82) is 0 Å². The maximum Gasteiger partial charge on any atom is 0.269 e. The molecule has 2 aromatic heterocycles. The van der Waals surface area contributed by atoms with Crippen molar-refractivity contribution in [2.75, 3.05) is 13.1 Å². The van der Waals surface area contributed by atoms with E-state index in [0.29, 0.717) is 17.7 Å². The molecule has 1 aliphatic heterocycles. The predicted octanol–water partition coefficient (Wildman–Crippen LogP) is 2.03. The second kappa shape index (κ2) is 7.35. The minimum absolute atomic E-state index is 0.0646. The molecule has 136 valence electrons. The number of aromatic nitrogens is 4. The van der Waals surface area contributed by atoms with Gasteiger partial charge in [0.15, 0.2) is 0 Å². The summed E-state index contributed by atoms with van der Waals surface area (Å²) >= 11 is 0. The van der Waals surface area contributed by atoms with Crippen molar-refractivity contribution < 1.29 is 9.21 Å². The van der Waals surface area contributed by atoms with Gasteiger partial charge in [0.1, 0.15) is 5.69 Å². The Morgan fingerprint density at radius 2 is 2.24 bits per heavy atom. The minimum Gasteiger partial charge on any atom is -0.424 e. The molecule has 0 radical (unpaired) electrons. The molecule has 0 bridgehead atoms. The van der Waals surface area contributed by atoms with E-state index in [1.165, 1.54) is 0 Å². The van der Waals surface area contributed by atoms with Crippen molar-refractivity contribution in [1.82, 2.24) is 25.3 Å². The first-order valence-corrected chi connectivity index (χ1v) is 8.85. The van der Waals surface area contributed by atoms with E-state index in [2.05, 4.69) is 46.1 Å². The first kappa shape index (κ1) is 17.6. The van der Waals surface area contributed by atoms with Crippen molar-refractivity contribution in [2.24, 2.45) is 11.7 Å². The van der Waals surface area contributed by atoms with Crippen LogP contribution in [0.1, 0.15) is 73.5 Å². The van der Waals surface area contributed by atoms with E-state index in [1.54, 1.807) is 6.07 Å². The van der Waals surface area contributed by atoms with Gasteiger partial charge in [-0.3, -0.25) is 14.8 Å². The van der Waals surface area contributed by atoms with Crippen LogP contribution in [-0.2, 0) is 6.42 Å². The molecule has 2 aromatic rings. The number of rotatable bonds is 6. The molecule has 1 saturated heterocycles. The number of nitrogens with two attached hydrogens (primary N) is 1. The first-order valence-electron chi connectivity index (χ1n) is 8.85. The molecule has 0 aliphatic carbocycles. The molecule has 3 rings (SSSR count). The SMILES string of the molecule is CC(C)Cc1nnc([C@@H](C)N2CCC[C@@H](c3cc(C(N)=O)n[nH]3)C2)o1. The number of H-pyrrole nitrogens is 1. The van der Waals surface area contributed by atoms with Gasteiger partial charge in [-0.15, -0.1) is 10.2 Å². The van der Waals surface area contributed by atoms with Gasteiger partial charge in [-0.05, 0) is 38.3 Å². The van der Waals surface area contributed by atoms with Gasteiger partial charge in [0.25, 0.3) is 5.91 Å². The molecular weight excluding hydrogens is 320 g/mol. The van der Waals surface area contributed by atoms with Crippen molar-refractivity contribution >= 4 is 5.91 Å². The van der Waals surface area contributed by atoms with E-state index in [0.717, 1.165) is 38.0 Å². The monoisotopic (exact) mass is 346 g/mol. The van der Waals surface area contributed by atoms with E-state index in [-0.39, 0.29) is 17.7 Å². The van der Waals surface area contributed by atoms with E-state index >= 15 is 0 Å². The maximum atomic E-state index is 11.2. The van der Waals surface area contributed by atoms with Gasteiger partial charge < -0.3 is 10.2 Å². The van der Waals surface area contributed by atoms with Crippen LogP contribution in [0.3, 0.4) is 0 Å². The zero-order valence-electron chi connectivity index (χ0n) is 15.0. The van der Waals surface area contributed by atoms with Gasteiger partial charge in [-0.2, -0.15) is 5.10 Å². The number of carbonyl (C=O) groups is 1. The highest BCUT2D eigenvalue weighted by molar-refractivity contribution is 5.90. The largest absolute Gasteiger partial charge is 0.424 e. The Morgan fingerprint density at radius 1 is 1.44 bits per heavy atom. The highest BCUT2D eigenvalue weighted by Gasteiger charge is 2.29. The number of carbonyl (C=O) groups excluding carboxylic acids is 1. The Kier molecular flexibility index (Phi) is 5.17. The quantitative estimate of drug-likeness (QED) is 0.827. The van der Waals surface area contributed by atoms with Crippen LogP contribution in [0.15, 0.2) is 10.5 Å². The van der Waals surface area contributed by atoms with Crippen LogP contribution in [-0.4, -0.2) is 44.3 Å². The van der Waals surface area contributed by atoms with Gasteiger partial charge in [0.05, 0.1) is 6.04 Å². The fraction of sp³-hybridized carbons (Fsp3) is 0.647. The van der Waals surface area contributed by atoms with Crippen LogP contribution in [0.4, 0.5) is 0 Å². The lowest BCUT2D eigenvalue weighted by Crippen LogP contribution is -2.36. The minimum atomic E-state index is -0.507. The van der Waals surface area contributed by atoms with Crippen molar-refractivity contribution in [2.45, 2.75) is 52.0 Å². The van der Waals surface area contributed by atoms with Crippen molar-refractivity contribution in [3.63, 3.8) is 0 Å². The number of aromatic amines is 1. The molecule has 0 unspecified atom stereocenters. The molecule has 8 heteroatoms. The summed E-state index contributed by atoms with van der Waals surface area (Å²) in [6.45, 7) is 8.19. The highest BCUT2D eigenvalue weighted by atomic mass is 16.4. The van der Waals surface area contributed by atoms with Gasteiger partial charge in [0, 0.05) is 24.6 Å². The average Bonchev–Trinajstić information content (AvgIpc) is 3.23. The third-order valence-electron chi connectivity index (χ3n) is 4.71. The highest BCUT2D eigenvalue weighted by Crippen LogP contribution is 2.31. The molecule has 0 aromatic carbocycles. The molecule has 3 heterocycles. The molecule has 1 amide bonds. The van der Waals surface area contributed by atoms with Crippen LogP contribution < -0.4 is 5.73 Å². The smallest absolute Gasteiger partial charge is 0.269 e. The Balaban J connectivity index is 1.67. The third-order valence-corrected chi connectivity index (χ3v) is 4.71. The summed E-state index contributed by atoms with van der Waals surface area (Å²) in [5.74, 6) is 1.63. The van der Waals surface area contributed by atoms with Gasteiger partial charge in [-0.1, -0.05) is 13.8 Å². The zero-order valence-corrected chi connectivity index (χ0v) is 15.0. The van der Waals surface area contributed by atoms with E-state index in [4.69, 9.17) is 10.2 Å². The number of hydrogen-bond acceptors (Lipinski definition) is 6. The number of likely N-dealkylation sites (tertiary alicyclic amines) is 1. The Hall–Kier alpha value is -2.22. The fourth-order valence-electron chi connectivity index (χ4n) is 3.31. The Bertz CT molecular complexity index is 722. The number of nitrogens with zero attached hydrogens (tertiary/aromatic N) is 4. The molecule has 0 saturated carbocycles. The van der Waals surface area contributed by atoms with Crippen molar-refractivity contribution in [3.05, 3.63) is 29.2 Å². The maximum absolute atomic E-state index is 11.2. The zero-order chi connectivity index (χ0) is 18.0. The standard InChI is InChI=1S/C17H26N6O2/c1-10(2)7-15-21-22-17(25-15)11(3)23-6-4-5-12(9-23)13-8-14(16(18)24)20-19-13/h8,10-12H,4-7,9H2,1-3H3,(H2,18,24)(H,19,20)/t11-,12-/m1/s1. The first-order chi connectivity index (χ1) is 11.9. The molecule has 0 spiro atoms. The van der Waals surface area contributed by atoms with Gasteiger partial charge in [-0.25, -0.2) is 0 Å². The van der Waals surface area contributed by atoms with E-state index < -0.39 is 5.91 Å². The molecule has 8 nitrogen and oxygen atoms in total. The van der Waals surface area contributed by atoms with Crippen LogP contribution >= 0.6 is 0 Å². The lowest BCUT2D eigenvalue weighted by atomic mass is 9.93. The number of nitrogens with one attached hydrogen (secondary N) is 1. The lowest BCUT2D eigenvalue weighted by Gasteiger charge is -2.34. The number of piperidine rings is 1. The second-order valence-electron chi connectivity index (χ2n) is 7.21. The van der Waals surface area contributed by atoms with Crippen LogP contribution in [0, 0.1) is 5.92 Å². The van der Waals surface area contributed by atoms with Crippen LogP contribution in [0.5, 0.6) is 0 Å². The summed E-state index contributed by atoms with van der Waals surface area (Å²) in [5, 5.41) is 15.3. The molecule has 25 heavy (non-hydrogen) atoms. The normalized spacial score (nSPS) is 20.1. The van der Waals surface area contributed by atoms with E-state index in [1.807, 2.05) is 0 Å². The molecule has 3 N–H and O–H groups in total. The summed E-state index contributed by atoms with van der Waals surface area (Å²) in [4.78, 5) is 13.6. The van der Waals surface area contributed by atoms with Crippen LogP contribution in [0.2, 0.25) is 0 Å². The van der Waals surface area contributed by atoms with Gasteiger partial charge >= 0.3 is 0 Å². The molecule has 2 atom stereocenters. The topological polar surface area (TPSA) is 114 Å². The Morgan fingerprint density at radius 3 is 2.92 bits per heavy atom. The predicted molar refractivity (Wildman–Crippen MR) is 91.9 cm³/mol.